The summed E-state index contributed by atoms with van der Waals surface area (Å²) in [4.78, 5) is 10.2. The largest absolute Gasteiger partial charge is 0.456 e. The number of nitrogens with zero attached hydrogens (tertiary/aromatic N) is 2. The first-order valence-corrected chi connectivity index (χ1v) is 14.6. The van der Waals surface area contributed by atoms with Gasteiger partial charge >= 0.3 is 0 Å². The monoisotopic (exact) mass is 564 g/mol. The summed E-state index contributed by atoms with van der Waals surface area (Å²) in [5.74, 6) is 1.33. The minimum atomic E-state index is 0.625. The smallest absolute Gasteiger partial charge is 0.160 e. The molecule has 0 unspecified atom stereocenters. The number of aromatic nitrogens is 2. The summed E-state index contributed by atoms with van der Waals surface area (Å²) in [5.41, 5.74) is 8.29. The van der Waals surface area contributed by atoms with E-state index >= 15 is 0 Å². The summed E-state index contributed by atoms with van der Waals surface area (Å²) in [5, 5.41) is 5.48. The van der Waals surface area contributed by atoms with E-state index in [1.807, 2.05) is 54.6 Å². The van der Waals surface area contributed by atoms with Gasteiger partial charge < -0.3 is 8.83 Å². The molecule has 0 aliphatic heterocycles. The van der Waals surface area contributed by atoms with Gasteiger partial charge in [0.25, 0.3) is 0 Å². The van der Waals surface area contributed by atoms with Crippen LogP contribution in [0.5, 0.6) is 0 Å². The Bertz CT molecular complexity index is 2470. The highest BCUT2D eigenvalue weighted by Crippen LogP contribution is 2.36. The lowest BCUT2D eigenvalue weighted by Gasteiger charge is -2.10. The van der Waals surface area contributed by atoms with Crippen molar-refractivity contribution in [3.8, 4) is 45.2 Å². The lowest BCUT2D eigenvalue weighted by Crippen LogP contribution is -1.95. The highest BCUT2D eigenvalue weighted by molar-refractivity contribution is 6.10. The van der Waals surface area contributed by atoms with Gasteiger partial charge in [-0.1, -0.05) is 91.0 Å². The first-order valence-electron chi connectivity index (χ1n) is 14.6. The van der Waals surface area contributed by atoms with E-state index in [-0.39, 0.29) is 0 Å². The van der Waals surface area contributed by atoms with Crippen LogP contribution in [0.3, 0.4) is 0 Å². The van der Waals surface area contributed by atoms with Crippen LogP contribution in [-0.2, 0) is 0 Å². The van der Waals surface area contributed by atoms with E-state index in [2.05, 4.69) is 91.0 Å². The molecule has 4 nitrogen and oxygen atoms in total. The molecule has 0 bridgehead atoms. The minimum Gasteiger partial charge on any atom is -0.456 e. The van der Waals surface area contributed by atoms with Crippen LogP contribution in [0.15, 0.2) is 154 Å². The SMILES string of the molecule is c1ccc(-c2cccc(-c3cc(-c4cc5ccccc5o4)nc(-c4ccc5oc6cc7ccccc7cc6c5c4)n3)c2)cc1. The van der Waals surface area contributed by atoms with Crippen LogP contribution in [0.1, 0.15) is 0 Å². The predicted molar refractivity (Wildman–Crippen MR) is 178 cm³/mol. The first-order chi connectivity index (χ1) is 21.7. The molecule has 9 rings (SSSR count). The molecule has 0 radical (unpaired) electrons. The minimum absolute atomic E-state index is 0.625. The van der Waals surface area contributed by atoms with E-state index in [4.69, 9.17) is 18.8 Å². The zero-order chi connectivity index (χ0) is 29.0. The Morgan fingerprint density at radius 3 is 1.93 bits per heavy atom. The van der Waals surface area contributed by atoms with Crippen molar-refractivity contribution >= 4 is 43.7 Å². The molecule has 0 amide bonds. The average molecular weight is 565 g/mol. The second-order valence-corrected chi connectivity index (χ2v) is 11.1. The van der Waals surface area contributed by atoms with Crippen LogP contribution in [0.4, 0.5) is 0 Å². The van der Waals surface area contributed by atoms with Gasteiger partial charge in [0.2, 0.25) is 0 Å². The number of para-hydroxylation sites is 1. The number of benzene rings is 6. The molecule has 0 saturated heterocycles. The Hall–Kier alpha value is -6.00. The molecule has 0 atom stereocenters. The maximum atomic E-state index is 6.28. The maximum absolute atomic E-state index is 6.28. The first kappa shape index (κ1) is 24.6. The zero-order valence-electron chi connectivity index (χ0n) is 23.6. The van der Waals surface area contributed by atoms with Gasteiger partial charge in [0.05, 0.1) is 5.69 Å². The van der Waals surface area contributed by atoms with E-state index in [0.717, 1.165) is 71.9 Å². The Morgan fingerprint density at radius 2 is 1.07 bits per heavy atom. The summed E-state index contributed by atoms with van der Waals surface area (Å²) in [6.07, 6.45) is 0. The van der Waals surface area contributed by atoms with Crippen molar-refractivity contribution in [3.63, 3.8) is 0 Å². The lowest BCUT2D eigenvalue weighted by molar-refractivity contribution is 0.628. The Balaban J connectivity index is 1.24. The number of fused-ring (bicyclic) bond motifs is 5. The van der Waals surface area contributed by atoms with Gasteiger partial charge in [0.1, 0.15) is 22.4 Å². The third-order valence-electron chi connectivity index (χ3n) is 8.27. The third-order valence-corrected chi connectivity index (χ3v) is 8.27. The van der Waals surface area contributed by atoms with E-state index in [1.165, 1.54) is 5.39 Å². The van der Waals surface area contributed by atoms with Crippen LogP contribution in [0.2, 0.25) is 0 Å². The second kappa shape index (κ2) is 9.79. The molecule has 9 aromatic rings. The van der Waals surface area contributed by atoms with E-state index in [0.29, 0.717) is 11.6 Å². The molecule has 3 heterocycles. The van der Waals surface area contributed by atoms with Crippen LogP contribution < -0.4 is 0 Å². The Kier molecular flexibility index (Phi) is 5.47. The number of furan rings is 2. The number of hydrogen-bond donors (Lipinski definition) is 0. The molecule has 3 aromatic heterocycles. The van der Waals surface area contributed by atoms with E-state index in [1.54, 1.807) is 0 Å². The van der Waals surface area contributed by atoms with Crippen LogP contribution in [0.25, 0.3) is 88.9 Å². The molecule has 6 aromatic carbocycles. The molecule has 206 valence electrons. The van der Waals surface area contributed by atoms with Gasteiger partial charge in [-0.3, -0.25) is 0 Å². The van der Waals surface area contributed by atoms with Gasteiger partial charge in [0.15, 0.2) is 11.6 Å². The number of rotatable bonds is 4. The van der Waals surface area contributed by atoms with E-state index in [9.17, 15) is 0 Å². The van der Waals surface area contributed by atoms with Gasteiger partial charge in [-0.2, -0.15) is 0 Å². The summed E-state index contributed by atoms with van der Waals surface area (Å²) >= 11 is 0. The van der Waals surface area contributed by atoms with Crippen LogP contribution in [0, 0.1) is 0 Å². The lowest BCUT2D eigenvalue weighted by atomic mass is 10.0. The molecule has 0 fully saturated rings. The normalized spacial score (nSPS) is 11.6. The summed E-state index contributed by atoms with van der Waals surface area (Å²) in [7, 11) is 0. The highest BCUT2D eigenvalue weighted by atomic mass is 16.3. The fourth-order valence-electron chi connectivity index (χ4n) is 6.05. The fraction of sp³-hybridized carbons (Fsp3) is 0. The van der Waals surface area contributed by atoms with Crippen molar-refractivity contribution in [2.75, 3.05) is 0 Å². The van der Waals surface area contributed by atoms with E-state index < -0.39 is 0 Å². The van der Waals surface area contributed by atoms with Crippen molar-refractivity contribution in [1.29, 1.82) is 0 Å². The van der Waals surface area contributed by atoms with Gasteiger partial charge in [-0.15, -0.1) is 0 Å². The van der Waals surface area contributed by atoms with Crippen LogP contribution in [-0.4, -0.2) is 9.97 Å². The predicted octanol–water partition coefficient (Wildman–Crippen LogP) is 10.9. The summed E-state index contributed by atoms with van der Waals surface area (Å²) < 4.78 is 12.6. The summed E-state index contributed by atoms with van der Waals surface area (Å²) in [6, 6.07) is 49.8. The molecule has 0 N–H and O–H groups in total. The van der Waals surface area contributed by atoms with Crippen molar-refractivity contribution < 1.29 is 8.83 Å². The maximum Gasteiger partial charge on any atom is 0.160 e. The fourth-order valence-corrected chi connectivity index (χ4v) is 6.05. The van der Waals surface area contributed by atoms with Crippen LogP contribution >= 0.6 is 0 Å². The number of hydrogen-bond acceptors (Lipinski definition) is 4. The van der Waals surface area contributed by atoms with Gasteiger partial charge in [-0.05, 0) is 76.5 Å². The van der Waals surface area contributed by atoms with Crippen molar-refractivity contribution in [1.82, 2.24) is 9.97 Å². The summed E-state index contributed by atoms with van der Waals surface area (Å²) in [6.45, 7) is 0. The van der Waals surface area contributed by atoms with Gasteiger partial charge in [-0.25, -0.2) is 9.97 Å². The highest BCUT2D eigenvalue weighted by Gasteiger charge is 2.16. The molecular formula is C40H24N2O2. The quantitative estimate of drug-likeness (QED) is 0.213. The molecule has 0 saturated carbocycles. The molecule has 4 heteroatoms. The third kappa shape index (κ3) is 4.16. The second-order valence-electron chi connectivity index (χ2n) is 11.1. The molecule has 44 heavy (non-hydrogen) atoms. The standard InChI is InChI=1S/C40H24N2O2/c1-2-9-25(10-3-1)26-14-8-15-29(19-26)34-24-35(39-23-30-13-6-7-16-36(30)43-39)42-40(41-34)31-17-18-37-32(21-31)33-20-27-11-4-5-12-28(27)22-38(33)44-37/h1-24H. The topological polar surface area (TPSA) is 52.1 Å². The molecular weight excluding hydrogens is 540 g/mol. The Labute approximate surface area is 252 Å². The average Bonchev–Trinajstić information content (AvgIpc) is 3.68. The van der Waals surface area contributed by atoms with Gasteiger partial charge in [0, 0.05) is 27.3 Å². The molecule has 0 spiro atoms. The van der Waals surface area contributed by atoms with Crippen molar-refractivity contribution in [3.05, 3.63) is 146 Å². The molecule has 0 aliphatic rings. The van der Waals surface area contributed by atoms with Crippen molar-refractivity contribution in [2.45, 2.75) is 0 Å². The van der Waals surface area contributed by atoms with Crippen molar-refractivity contribution in [2.24, 2.45) is 0 Å². The Morgan fingerprint density at radius 1 is 0.364 bits per heavy atom. The molecule has 0 aliphatic carbocycles. The zero-order valence-corrected chi connectivity index (χ0v) is 23.6.